The highest BCUT2D eigenvalue weighted by atomic mass is 35.5. The number of benzene rings is 1. The first-order valence-corrected chi connectivity index (χ1v) is 10.4. The standard InChI is InChI=1S/C22H33N3O3.ClH/c1-4-28-18-13-22(23,21(18,2)3)20(27)24-14-15-8-7-11-17(12-15)25-19(26)16-9-5-6-10-16;/h7-8,11-12,16,18H,4-6,9-10,13-14,23H2,1-3H3,(H,24,27)(H,25,26);1H. The monoisotopic (exact) mass is 423 g/mol. The van der Waals surface area contributed by atoms with E-state index in [0.29, 0.717) is 19.6 Å². The Morgan fingerprint density at radius 1 is 1.24 bits per heavy atom. The van der Waals surface area contributed by atoms with Crippen molar-refractivity contribution < 1.29 is 14.3 Å². The van der Waals surface area contributed by atoms with Crippen molar-refractivity contribution in [3.63, 3.8) is 0 Å². The van der Waals surface area contributed by atoms with Gasteiger partial charge >= 0.3 is 0 Å². The molecule has 6 nitrogen and oxygen atoms in total. The molecule has 29 heavy (non-hydrogen) atoms. The van der Waals surface area contributed by atoms with Crippen LogP contribution >= 0.6 is 12.4 Å². The van der Waals surface area contributed by atoms with Gasteiger partial charge in [0.1, 0.15) is 5.54 Å². The van der Waals surface area contributed by atoms with E-state index in [9.17, 15) is 9.59 Å². The summed E-state index contributed by atoms with van der Waals surface area (Å²) in [7, 11) is 0. The number of hydrogen-bond donors (Lipinski definition) is 3. The number of carbonyl (C=O) groups excluding carboxylic acids is 2. The van der Waals surface area contributed by atoms with Gasteiger partial charge in [0, 0.05) is 36.6 Å². The quantitative estimate of drug-likeness (QED) is 0.626. The molecule has 162 valence electrons. The van der Waals surface area contributed by atoms with E-state index in [1.54, 1.807) is 0 Å². The molecular weight excluding hydrogens is 390 g/mol. The van der Waals surface area contributed by atoms with Gasteiger partial charge in [-0.3, -0.25) is 9.59 Å². The molecule has 0 heterocycles. The second-order valence-electron chi connectivity index (χ2n) is 8.69. The highest BCUT2D eigenvalue weighted by Crippen LogP contribution is 2.49. The molecule has 1 aromatic rings. The zero-order valence-corrected chi connectivity index (χ0v) is 18.4. The lowest BCUT2D eigenvalue weighted by Crippen LogP contribution is -2.75. The summed E-state index contributed by atoms with van der Waals surface area (Å²) in [6.45, 7) is 6.90. The molecule has 0 aliphatic heterocycles. The zero-order chi connectivity index (χ0) is 20.4. The predicted molar refractivity (Wildman–Crippen MR) is 117 cm³/mol. The molecule has 0 spiro atoms. The van der Waals surface area contributed by atoms with Gasteiger partial charge in [-0.15, -0.1) is 12.4 Å². The number of hydrogen-bond acceptors (Lipinski definition) is 4. The summed E-state index contributed by atoms with van der Waals surface area (Å²) in [5.41, 5.74) is 6.78. The Bertz CT molecular complexity index is 734. The topological polar surface area (TPSA) is 93.4 Å². The number of rotatable bonds is 7. The van der Waals surface area contributed by atoms with Crippen molar-refractivity contribution in [1.29, 1.82) is 0 Å². The molecule has 2 aliphatic carbocycles. The summed E-state index contributed by atoms with van der Waals surface area (Å²) in [5, 5.41) is 5.97. The van der Waals surface area contributed by atoms with E-state index in [2.05, 4.69) is 10.6 Å². The number of halogens is 1. The number of nitrogens with two attached hydrogens (primary N) is 1. The third kappa shape index (κ3) is 4.76. The molecule has 2 aliphatic rings. The molecule has 2 atom stereocenters. The molecular formula is C22H34ClN3O3. The lowest BCUT2D eigenvalue weighted by atomic mass is 9.54. The Balaban J connectivity index is 0.00000300. The molecule has 2 amide bonds. The molecule has 0 aromatic heterocycles. The van der Waals surface area contributed by atoms with Crippen LogP contribution in [-0.2, 0) is 20.9 Å². The van der Waals surface area contributed by atoms with Gasteiger partial charge < -0.3 is 21.1 Å². The molecule has 2 unspecified atom stereocenters. The first-order chi connectivity index (χ1) is 13.3. The van der Waals surface area contributed by atoms with Gasteiger partial charge in [-0.05, 0) is 37.5 Å². The minimum atomic E-state index is -0.929. The van der Waals surface area contributed by atoms with Gasteiger partial charge in [-0.2, -0.15) is 0 Å². The molecule has 2 fully saturated rings. The van der Waals surface area contributed by atoms with Crippen LogP contribution in [0.3, 0.4) is 0 Å². The first-order valence-electron chi connectivity index (χ1n) is 10.4. The predicted octanol–water partition coefficient (Wildman–Crippen LogP) is 3.39. The van der Waals surface area contributed by atoms with E-state index in [1.807, 2.05) is 45.0 Å². The summed E-state index contributed by atoms with van der Waals surface area (Å²) in [6, 6.07) is 7.61. The van der Waals surface area contributed by atoms with Crippen molar-refractivity contribution in [2.24, 2.45) is 17.1 Å². The number of ether oxygens (including phenoxy) is 1. The zero-order valence-electron chi connectivity index (χ0n) is 17.6. The Morgan fingerprint density at radius 2 is 1.93 bits per heavy atom. The smallest absolute Gasteiger partial charge is 0.241 e. The van der Waals surface area contributed by atoms with Crippen molar-refractivity contribution in [2.75, 3.05) is 11.9 Å². The van der Waals surface area contributed by atoms with E-state index in [0.717, 1.165) is 36.9 Å². The maximum Gasteiger partial charge on any atom is 0.241 e. The average Bonchev–Trinajstić information content (AvgIpc) is 3.21. The van der Waals surface area contributed by atoms with Crippen LogP contribution in [0.5, 0.6) is 0 Å². The Hall–Kier alpha value is -1.63. The van der Waals surface area contributed by atoms with Crippen molar-refractivity contribution in [3.05, 3.63) is 29.8 Å². The van der Waals surface area contributed by atoms with Crippen LogP contribution in [0.15, 0.2) is 24.3 Å². The van der Waals surface area contributed by atoms with Gasteiger partial charge in [0.25, 0.3) is 0 Å². The van der Waals surface area contributed by atoms with Crippen LogP contribution in [-0.4, -0.2) is 30.1 Å². The summed E-state index contributed by atoms with van der Waals surface area (Å²) < 4.78 is 5.70. The second kappa shape index (κ2) is 9.45. The van der Waals surface area contributed by atoms with Crippen molar-refractivity contribution in [3.8, 4) is 0 Å². The lowest BCUT2D eigenvalue weighted by Gasteiger charge is -2.57. The molecule has 0 bridgehead atoms. The average molecular weight is 424 g/mol. The third-order valence-corrected chi connectivity index (χ3v) is 6.61. The molecule has 0 saturated heterocycles. The molecule has 7 heteroatoms. The van der Waals surface area contributed by atoms with Gasteiger partial charge in [0.05, 0.1) is 6.10 Å². The largest absolute Gasteiger partial charge is 0.378 e. The first kappa shape index (κ1) is 23.6. The molecule has 0 radical (unpaired) electrons. The molecule has 1 aromatic carbocycles. The van der Waals surface area contributed by atoms with Gasteiger partial charge in [-0.1, -0.05) is 38.8 Å². The van der Waals surface area contributed by atoms with E-state index in [-0.39, 0.29) is 36.2 Å². The maximum absolute atomic E-state index is 12.8. The number of anilines is 1. The van der Waals surface area contributed by atoms with Crippen LogP contribution in [0.25, 0.3) is 0 Å². The van der Waals surface area contributed by atoms with Crippen molar-refractivity contribution >= 4 is 29.9 Å². The summed E-state index contributed by atoms with van der Waals surface area (Å²) in [6.07, 6.45) is 4.73. The summed E-state index contributed by atoms with van der Waals surface area (Å²) in [4.78, 5) is 25.1. The van der Waals surface area contributed by atoms with E-state index >= 15 is 0 Å². The van der Waals surface area contributed by atoms with E-state index < -0.39 is 11.0 Å². The Labute approximate surface area is 179 Å². The highest BCUT2D eigenvalue weighted by molar-refractivity contribution is 5.92. The van der Waals surface area contributed by atoms with Crippen molar-refractivity contribution in [2.45, 2.75) is 71.1 Å². The number of amides is 2. The fourth-order valence-electron chi connectivity index (χ4n) is 4.35. The maximum atomic E-state index is 12.8. The lowest BCUT2D eigenvalue weighted by molar-refractivity contribution is -0.170. The molecule has 4 N–H and O–H groups in total. The summed E-state index contributed by atoms with van der Waals surface area (Å²) >= 11 is 0. The Kier molecular flexibility index (Phi) is 7.71. The van der Waals surface area contributed by atoms with E-state index in [1.165, 1.54) is 0 Å². The minimum absolute atomic E-state index is 0. The number of nitrogens with one attached hydrogen (secondary N) is 2. The SMILES string of the molecule is CCOC1CC(N)(C(=O)NCc2cccc(NC(=O)C3CCCC3)c2)C1(C)C.Cl. The van der Waals surface area contributed by atoms with E-state index in [4.69, 9.17) is 10.5 Å². The number of carbonyl (C=O) groups is 2. The minimum Gasteiger partial charge on any atom is -0.378 e. The van der Waals surface area contributed by atoms with Crippen LogP contribution in [0.1, 0.15) is 58.4 Å². The fraction of sp³-hybridized carbons (Fsp3) is 0.636. The summed E-state index contributed by atoms with van der Waals surface area (Å²) in [5.74, 6) is 0.0613. The normalized spacial score (nSPS) is 25.6. The van der Waals surface area contributed by atoms with Gasteiger partial charge in [0.15, 0.2) is 0 Å². The Morgan fingerprint density at radius 3 is 2.55 bits per heavy atom. The molecule has 2 saturated carbocycles. The molecule has 3 rings (SSSR count). The second-order valence-corrected chi connectivity index (χ2v) is 8.69. The van der Waals surface area contributed by atoms with Gasteiger partial charge in [-0.25, -0.2) is 0 Å². The van der Waals surface area contributed by atoms with Crippen LogP contribution in [0.2, 0.25) is 0 Å². The van der Waals surface area contributed by atoms with Crippen molar-refractivity contribution in [1.82, 2.24) is 5.32 Å². The third-order valence-electron chi connectivity index (χ3n) is 6.61. The van der Waals surface area contributed by atoms with Crippen LogP contribution < -0.4 is 16.4 Å². The fourth-order valence-corrected chi connectivity index (χ4v) is 4.35. The van der Waals surface area contributed by atoms with Gasteiger partial charge in [0.2, 0.25) is 11.8 Å². The highest BCUT2D eigenvalue weighted by Gasteiger charge is 2.62. The van der Waals surface area contributed by atoms with Crippen LogP contribution in [0, 0.1) is 11.3 Å². The van der Waals surface area contributed by atoms with Crippen LogP contribution in [0.4, 0.5) is 5.69 Å².